The van der Waals surface area contributed by atoms with Crippen LogP contribution in [0.15, 0.2) is 36.5 Å². The number of hydrogen-bond donors (Lipinski definition) is 2. The zero-order valence-electron chi connectivity index (χ0n) is 10.9. The van der Waals surface area contributed by atoms with Crippen molar-refractivity contribution in [3.63, 3.8) is 0 Å². The zero-order chi connectivity index (χ0) is 14.5. The van der Waals surface area contributed by atoms with Crippen molar-refractivity contribution in [2.24, 2.45) is 0 Å². The van der Waals surface area contributed by atoms with Gasteiger partial charge in [0.25, 0.3) is 0 Å². The van der Waals surface area contributed by atoms with Crippen LogP contribution in [-0.4, -0.2) is 18.0 Å². The number of hydrogen-bond acceptors (Lipinski definition) is 4. The fourth-order valence-electron chi connectivity index (χ4n) is 1.76. The van der Waals surface area contributed by atoms with E-state index in [9.17, 15) is 9.18 Å². The Kier molecular flexibility index (Phi) is 4.14. The van der Waals surface area contributed by atoms with Gasteiger partial charge in [-0.2, -0.15) is 0 Å². The Balaban J connectivity index is 2.15. The number of carbonyl (C=O) groups is 1. The van der Waals surface area contributed by atoms with Crippen LogP contribution in [0, 0.1) is 5.82 Å². The first-order chi connectivity index (χ1) is 9.61. The van der Waals surface area contributed by atoms with Crippen LogP contribution in [0.5, 0.6) is 5.75 Å². The third-order valence-electron chi connectivity index (χ3n) is 2.73. The molecule has 0 aliphatic rings. The topological polar surface area (TPSA) is 77.2 Å². The first-order valence-corrected chi connectivity index (χ1v) is 5.93. The molecule has 0 atom stereocenters. The molecule has 0 saturated carbocycles. The minimum Gasteiger partial charge on any atom is -0.496 e. The third-order valence-corrected chi connectivity index (χ3v) is 2.73. The number of ether oxygens (including phenoxy) is 1. The highest BCUT2D eigenvalue weighted by molar-refractivity contribution is 5.94. The van der Waals surface area contributed by atoms with E-state index in [1.165, 1.54) is 25.4 Å². The highest BCUT2D eigenvalue weighted by Crippen LogP contribution is 2.22. The molecule has 1 heterocycles. The minimum absolute atomic E-state index is 0.161. The Morgan fingerprint density at radius 1 is 1.40 bits per heavy atom. The number of nitrogen functional groups attached to an aromatic ring is 1. The number of carbonyl (C=O) groups excluding carboxylic acids is 1. The molecule has 5 nitrogen and oxygen atoms in total. The lowest BCUT2D eigenvalue weighted by atomic mass is 10.1. The predicted molar refractivity (Wildman–Crippen MR) is 73.9 cm³/mol. The number of nitrogens with zero attached hydrogens (tertiary/aromatic N) is 1. The van der Waals surface area contributed by atoms with E-state index >= 15 is 0 Å². The van der Waals surface area contributed by atoms with Crippen LogP contribution in [0.3, 0.4) is 0 Å². The van der Waals surface area contributed by atoms with E-state index in [1.807, 2.05) is 0 Å². The summed E-state index contributed by atoms with van der Waals surface area (Å²) in [4.78, 5) is 15.9. The molecule has 2 rings (SSSR count). The highest BCUT2D eigenvalue weighted by atomic mass is 19.1. The molecule has 1 amide bonds. The summed E-state index contributed by atoms with van der Waals surface area (Å²) in [5, 5.41) is 2.54. The number of pyridine rings is 1. The van der Waals surface area contributed by atoms with Crippen LogP contribution < -0.4 is 15.8 Å². The average molecular weight is 275 g/mol. The zero-order valence-corrected chi connectivity index (χ0v) is 10.9. The fraction of sp³-hybridized carbons (Fsp3) is 0.143. The Bertz CT molecular complexity index is 632. The molecule has 1 aromatic heterocycles. The van der Waals surface area contributed by atoms with Gasteiger partial charge in [-0.1, -0.05) is 6.07 Å². The molecule has 0 unspecified atom stereocenters. The first kappa shape index (κ1) is 13.8. The summed E-state index contributed by atoms with van der Waals surface area (Å²) < 4.78 is 18.8. The van der Waals surface area contributed by atoms with Gasteiger partial charge in [-0.05, 0) is 24.3 Å². The molecule has 0 radical (unpaired) electrons. The number of aromatic nitrogens is 1. The standard InChI is InChI=1S/C14H14FN3O2/c1-20-12-6-2-4-10(15)9(12)8-13(19)18-14-11(16)5-3-7-17-14/h2-7H,8,16H2,1H3,(H,17,18,19). The van der Waals surface area contributed by atoms with Crippen LogP contribution in [-0.2, 0) is 11.2 Å². The number of anilines is 2. The molecular formula is C14H14FN3O2. The molecule has 3 N–H and O–H groups in total. The summed E-state index contributed by atoms with van der Waals surface area (Å²) in [6, 6.07) is 7.67. The van der Waals surface area contributed by atoms with E-state index in [0.29, 0.717) is 11.4 Å². The van der Waals surface area contributed by atoms with E-state index in [0.717, 1.165) is 0 Å². The molecule has 0 saturated heterocycles. The van der Waals surface area contributed by atoms with Crippen molar-refractivity contribution in [2.75, 3.05) is 18.2 Å². The maximum Gasteiger partial charge on any atom is 0.230 e. The fourth-order valence-corrected chi connectivity index (χ4v) is 1.76. The van der Waals surface area contributed by atoms with Crippen LogP contribution in [0.25, 0.3) is 0 Å². The molecule has 0 spiro atoms. The number of benzene rings is 1. The summed E-state index contributed by atoms with van der Waals surface area (Å²) in [6.45, 7) is 0. The second kappa shape index (κ2) is 6.01. The Labute approximate surface area is 115 Å². The number of rotatable bonds is 4. The molecule has 0 bridgehead atoms. The largest absolute Gasteiger partial charge is 0.496 e. The van der Waals surface area contributed by atoms with E-state index in [-0.39, 0.29) is 17.8 Å². The van der Waals surface area contributed by atoms with Crippen LogP contribution in [0.4, 0.5) is 15.9 Å². The molecule has 0 fully saturated rings. The van der Waals surface area contributed by atoms with Gasteiger partial charge in [-0.3, -0.25) is 4.79 Å². The minimum atomic E-state index is -0.492. The van der Waals surface area contributed by atoms with Gasteiger partial charge in [0.15, 0.2) is 5.82 Å². The van der Waals surface area contributed by atoms with Crippen molar-refractivity contribution in [1.29, 1.82) is 0 Å². The quantitative estimate of drug-likeness (QED) is 0.894. The van der Waals surface area contributed by atoms with Crippen molar-refractivity contribution in [3.8, 4) is 5.75 Å². The SMILES string of the molecule is COc1cccc(F)c1CC(=O)Nc1ncccc1N. The summed E-state index contributed by atoms with van der Waals surface area (Å²) >= 11 is 0. The first-order valence-electron chi connectivity index (χ1n) is 5.93. The Morgan fingerprint density at radius 3 is 2.90 bits per heavy atom. The van der Waals surface area contributed by atoms with Crippen molar-refractivity contribution >= 4 is 17.4 Å². The molecule has 20 heavy (non-hydrogen) atoms. The lowest BCUT2D eigenvalue weighted by molar-refractivity contribution is -0.115. The van der Waals surface area contributed by atoms with Crippen molar-refractivity contribution in [1.82, 2.24) is 4.98 Å². The molecule has 0 aliphatic carbocycles. The van der Waals surface area contributed by atoms with E-state index in [4.69, 9.17) is 10.5 Å². The maximum atomic E-state index is 13.7. The van der Waals surface area contributed by atoms with Gasteiger partial charge in [-0.25, -0.2) is 9.37 Å². The van der Waals surface area contributed by atoms with Gasteiger partial charge >= 0.3 is 0 Å². The van der Waals surface area contributed by atoms with Crippen LogP contribution in [0.2, 0.25) is 0 Å². The normalized spacial score (nSPS) is 10.1. The van der Waals surface area contributed by atoms with E-state index in [1.54, 1.807) is 18.2 Å². The maximum absolute atomic E-state index is 13.7. The second-order valence-corrected chi connectivity index (χ2v) is 4.09. The molecule has 1 aromatic carbocycles. The highest BCUT2D eigenvalue weighted by Gasteiger charge is 2.14. The van der Waals surface area contributed by atoms with Crippen molar-refractivity contribution in [3.05, 3.63) is 47.9 Å². The summed E-state index contributed by atoms with van der Waals surface area (Å²) in [7, 11) is 1.42. The summed E-state index contributed by atoms with van der Waals surface area (Å²) in [5.74, 6) is -0.325. The number of methoxy groups -OCH3 is 1. The molecule has 2 aromatic rings. The average Bonchev–Trinajstić information content (AvgIpc) is 2.43. The summed E-state index contributed by atoms with van der Waals surface area (Å²) in [6.07, 6.45) is 1.35. The van der Waals surface area contributed by atoms with Crippen molar-refractivity contribution < 1.29 is 13.9 Å². The Morgan fingerprint density at radius 2 is 2.20 bits per heavy atom. The number of nitrogens with two attached hydrogens (primary N) is 1. The number of amides is 1. The Hall–Kier alpha value is -2.63. The molecular weight excluding hydrogens is 261 g/mol. The van der Waals surface area contributed by atoms with E-state index < -0.39 is 11.7 Å². The summed E-state index contributed by atoms with van der Waals surface area (Å²) in [5.41, 5.74) is 6.22. The van der Waals surface area contributed by atoms with Gasteiger partial charge in [0, 0.05) is 11.8 Å². The molecule has 6 heteroatoms. The third kappa shape index (κ3) is 3.03. The smallest absolute Gasteiger partial charge is 0.230 e. The van der Waals surface area contributed by atoms with Gasteiger partial charge in [0.05, 0.1) is 19.2 Å². The van der Waals surface area contributed by atoms with Crippen LogP contribution in [0.1, 0.15) is 5.56 Å². The van der Waals surface area contributed by atoms with Gasteiger partial charge in [0.2, 0.25) is 5.91 Å². The predicted octanol–water partition coefficient (Wildman–Crippen LogP) is 1.99. The van der Waals surface area contributed by atoms with E-state index in [2.05, 4.69) is 10.3 Å². The van der Waals surface area contributed by atoms with Gasteiger partial charge < -0.3 is 15.8 Å². The molecule has 104 valence electrons. The lowest BCUT2D eigenvalue weighted by Gasteiger charge is -2.10. The second-order valence-electron chi connectivity index (χ2n) is 4.09. The monoisotopic (exact) mass is 275 g/mol. The lowest BCUT2D eigenvalue weighted by Crippen LogP contribution is -2.17. The van der Waals surface area contributed by atoms with Crippen molar-refractivity contribution in [2.45, 2.75) is 6.42 Å². The number of halogens is 1. The van der Waals surface area contributed by atoms with Crippen LogP contribution >= 0.6 is 0 Å². The van der Waals surface area contributed by atoms with Gasteiger partial charge in [-0.15, -0.1) is 0 Å². The molecule has 0 aliphatic heterocycles. The number of nitrogens with one attached hydrogen (secondary N) is 1. The van der Waals surface area contributed by atoms with Gasteiger partial charge in [0.1, 0.15) is 11.6 Å².